The Morgan fingerprint density at radius 1 is 1.60 bits per heavy atom. The van der Waals surface area contributed by atoms with Crippen molar-refractivity contribution in [3.63, 3.8) is 0 Å². The lowest BCUT2D eigenvalue weighted by Crippen LogP contribution is -2.50. The molecule has 84 valence electrons. The summed E-state index contributed by atoms with van der Waals surface area (Å²) in [7, 11) is 0. The van der Waals surface area contributed by atoms with Crippen LogP contribution in [0.3, 0.4) is 0 Å². The van der Waals surface area contributed by atoms with Gasteiger partial charge in [-0.25, -0.2) is 0 Å². The molecule has 2 heterocycles. The number of nitrogens with one attached hydrogen (secondary N) is 1. The average molecular weight is 210 g/mol. The molecule has 0 radical (unpaired) electrons. The van der Waals surface area contributed by atoms with Crippen LogP contribution in [0.25, 0.3) is 0 Å². The first kappa shape index (κ1) is 10.7. The van der Waals surface area contributed by atoms with Gasteiger partial charge in [0.1, 0.15) is 5.76 Å². The van der Waals surface area contributed by atoms with Crippen LogP contribution in [0.5, 0.6) is 0 Å². The van der Waals surface area contributed by atoms with E-state index in [1.165, 1.54) is 0 Å². The van der Waals surface area contributed by atoms with Gasteiger partial charge in [0.25, 0.3) is 0 Å². The van der Waals surface area contributed by atoms with Crippen LogP contribution in [0, 0.1) is 0 Å². The predicted octanol–water partition coefficient (Wildman–Crippen LogP) is 0.436. The molecule has 1 aromatic rings. The number of hydrogen-bond donors (Lipinski definition) is 2. The summed E-state index contributed by atoms with van der Waals surface area (Å²) in [4.78, 5) is 2.37. The Kier molecular flexibility index (Phi) is 3.77. The van der Waals surface area contributed by atoms with Crippen molar-refractivity contribution < 1.29 is 9.52 Å². The molecular weight excluding hydrogens is 192 g/mol. The molecule has 0 aromatic carbocycles. The molecule has 4 heteroatoms. The van der Waals surface area contributed by atoms with E-state index >= 15 is 0 Å². The lowest BCUT2D eigenvalue weighted by molar-refractivity contribution is 0.116. The van der Waals surface area contributed by atoms with Gasteiger partial charge in [0.2, 0.25) is 0 Å². The minimum Gasteiger partial charge on any atom is -0.468 e. The smallest absolute Gasteiger partial charge is 0.117 e. The van der Waals surface area contributed by atoms with E-state index in [1.807, 2.05) is 12.1 Å². The number of nitrogens with zero attached hydrogens (tertiary/aromatic N) is 1. The molecule has 0 saturated carbocycles. The molecule has 4 nitrogen and oxygen atoms in total. The largest absolute Gasteiger partial charge is 0.468 e. The van der Waals surface area contributed by atoms with Gasteiger partial charge < -0.3 is 14.8 Å². The highest BCUT2D eigenvalue weighted by molar-refractivity contribution is 4.99. The minimum atomic E-state index is 0.251. The molecule has 0 aliphatic carbocycles. The fraction of sp³-hybridized carbons (Fsp3) is 0.636. The summed E-state index contributed by atoms with van der Waals surface area (Å²) in [6.45, 7) is 4.09. The molecule has 2 N–H and O–H groups in total. The number of rotatable bonds is 4. The van der Waals surface area contributed by atoms with E-state index in [0.29, 0.717) is 6.04 Å². The molecule has 2 rings (SSSR count). The molecule has 1 aromatic heterocycles. The number of furan rings is 1. The van der Waals surface area contributed by atoms with E-state index in [0.717, 1.165) is 38.4 Å². The Hall–Kier alpha value is -0.840. The van der Waals surface area contributed by atoms with Crippen LogP contribution in [-0.4, -0.2) is 42.3 Å². The van der Waals surface area contributed by atoms with Crippen LogP contribution in [0.4, 0.5) is 0 Å². The molecule has 1 saturated heterocycles. The number of aliphatic hydroxyl groups is 1. The van der Waals surface area contributed by atoms with Crippen molar-refractivity contribution in [1.29, 1.82) is 0 Å². The maximum absolute atomic E-state index is 8.98. The van der Waals surface area contributed by atoms with Crippen LogP contribution < -0.4 is 5.32 Å². The second kappa shape index (κ2) is 5.30. The van der Waals surface area contributed by atoms with Gasteiger partial charge in [-0.15, -0.1) is 0 Å². The van der Waals surface area contributed by atoms with Gasteiger partial charge >= 0.3 is 0 Å². The van der Waals surface area contributed by atoms with Gasteiger partial charge in [-0.3, -0.25) is 4.90 Å². The van der Waals surface area contributed by atoms with Crippen LogP contribution in [0.1, 0.15) is 12.2 Å². The van der Waals surface area contributed by atoms with Gasteiger partial charge in [0.15, 0.2) is 0 Å². The lowest BCUT2D eigenvalue weighted by Gasteiger charge is -2.35. The summed E-state index contributed by atoms with van der Waals surface area (Å²) >= 11 is 0. The van der Waals surface area contributed by atoms with Crippen LogP contribution in [0.15, 0.2) is 22.8 Å². The van der Waals surface area contributed by atoms with Crippen LogP contribution >= 0.6 is 0 Å². The van der Waals surface area contributed by atoms with Gasteiger partial charge in [0.05, 0.1) is 12.8 Å². The Balaban J connectivity index is 1.92. The fourth-order valence-electron chi connectivity index (χ4n) is 2.05. The number of piperazine rings is 1. The third-order valence-corrected chi connectivity index (χ3v) is 2.87. The average Bonchev–Trinajstić information content (AvgIpc) is 2.74. The normalized spacial score (nSPS) is 23.1. The van der Waals surface area contributed by atoms with E-state index in [4.69, 9.17) is 9.52 Å². The highest BCUT2D eigenvalue weighted by Crippen LogP contribution is 2.12. The summed E-state index contributed by atoms with van der Waals surface area (Å²) in [5.41, 5.74) is 0. The van der Waals surface area contributed by atoms with E-state index in [9.17, 15) is 0 Å². The molecule has 0 spiro atoms. The number of hydrogen-bond acceptors (Lipinski definition) is 4. The third-order valence-electron chi connectivity index (χ3n) is 2.87. The quantitative estimate of drug-likeness (QED) is 0.757. The lowest BCUT2D eigenvalue weighted by atomic mass is 10.1. The Labute approximate surface area is 89.9 Å². The first-order chi connectivity index (χ1) is 7.40. The SMILES string of the molecule is OCC[C@@H]1CNCCN1Cc1ccco1. The molecular formula is C11H18N2O2. The molecule has 1 fully saturated rings. The first-order valence-electron chi connectivity index (χ1n) is 5.48. The monoisotopic (exact) mass is 210 g/mol. The van der Waals surface area contributed by atoms with Crippen molar-refractivity contribution in [1.82, 2.24) is 10.2 Å². The van der Waals surface area contributed by atoms with E-state index < -0.39 is 0 Å². The highest BCUT2D eigenvalue weighted by Gasteiger charge is 2.22. The van der Waals surface area contributed by atoms with Gasteiger partial charge in [0, 0.05) is 32.3 Å². The Bertz CT molecular complexity index is 272. The zero-order valence-electron chi connectivity index (χ0n) is 8.85. The topological polar surface area (TPSA) is 48.6 Å². The standard InChI is InChI=1S/C11H18N2O2/c14-6-3-10-8-12-4-5-13(10)9-11-2-1-7-15-11/h1-2,7,10,12,14H,3-6,8-9H2/t10-/m1/s1. The summed E-state index contributed by atoms with van der Waals surface area (Å²) in [6.07, 6.45) is 2.53. The fourth-order valence-corrected chi connectivity index (χ4v) is 2.05. The molecule has 1 aliphatic rings. The summed E-state index contributed by atoms with van der Waals surface area (Å²) in [6, 6.07) is 4.34. The van der Waals surface area contributed by atoms with Crippen molar-refractivity contribution in [2.45, 2.75) is 19.0 Å². The van der Waals surface area contributed by atoms with Crippen molar-refractivity contribution in [2.24, 2.45) is 0 Å². The van der Waals surface area contributed by atoms with Crippen LogP contribution in [0.2, 0.25) is 0 Å². The molecule has 1 atom stereocenters. The van der Waals surface area contributed by atoms with Crippen molar-refractivity contribution in [2.75, 3.05) is 26.2 Å². The van der Waals surface area contributed by atoms with Crippen molar-refractivity contribution in [3.05, 3.63) is 24.2 Å². The summed E-state index contributed by atoms with van der Waals surface area (Å²) in [5, 5.41) is 12.3. The van der Waals surface area contributed by atoms with Crippen LogP contribution in [-0.2, 0) is 6.54 Å². The highest BCUT2D eigenvalue weighted by atomic mass is 16.3. The van der Waals surface area contributed by atoms with E-state index in [1.54, 1.807) is 6.26 Å². The molecule has 1 aliphatic heterocycles. The van der Waals surface area contributed by atoms with Gasteiger partial charge in [-0.05, 0) is 18.6 Å². The Morgan fingerprint density at radius 3 is 3.27 bits per heavy atom. The summed E-state index contributed by atoms with van der Waals surface area (Å²) in [5.74, 6) is 1.000. The maximum Gasteiger partial charge on any atom is 0.117 e. The zero-order valence-corrected chi connectivity index (χ0v) is 8.85. The predicted molar refractivity (Wildman–Crippen MR) is 57.5 cm³/mol. The van der Waals surface area contributed by atoms with Crippen molar-refractivity contribution in [3.8, 4) is 0 Å². The molecule has 0 bridgehead atoms. The molecule has 0 amide bonds. The second-order valence-electron chi connectivity index (χ2n) is 3.92. The summed E-state index contributed by atoms with van der Waals surface area (Å²) < 4.78 is 5.34. The minimum absolute atomic E-state index is 0.251. The Morgan fingerprint density at radius 2 is 2.53 bits per heavy atom. The first-order valence-corrected chi connectivity index (χ1v) is 5.48. The number of aliphatic hydroxyl groups excluding tert-OH is 1. The molecule has 0 unspecified atom stereocenters. The van der Waals surface area contributed by atoms with Gasteiger partial charge in [-0.1, -0.05) is 0 Å². The third kappa shape index (κ3) is 2.81. The zero-order chi connectivity index (χ0) is 10.5. The second-order valence-corrected chi connectivity index (χ2v) is 3.92. The van der Waals surface area contributed by atoms with E-state index in [-0.39, 0.29) is 6.61 Å². The molecule has 15 heavy (non-hydrogen) atoms. The van der Waals surface area contributed by atoms with Gasteiger partial charge in [-0.2, -0.15) is 0 Å². The maximum atomic E-state index is 8.98. The van der Waals surface area contributed by atoms with E-state index in [2.05, 4.69) is 10.2 Å². The van der Waals surface area contributed by atoms with Crippen molar-refractivity contribution >= 4 is 0 Å².